The predicted octanol–water partition coefficient (Wildman–Crippen LogP) is 3.38. The quantitative estimate of drug-likeness (QED) is 0.670. The molecule has 1 aromatic rings. The minimum Gasteiger partial charge on any atom is -0.468 e. The van der Waals surface area contributed by atoms with Crippen molar-refractivity contribution in [3.8, 4) is 0 Å². The van der Waals surface area contributed by atoms with Crippen molar-refractivity contribution in [2.24, 2.45) is 11.3 Å². The molecule has 22 heavy (non-hydrogen) atoms. The Morgan fingerprint density at radius 2 is 2.14 bits per heavy atom. The molecule has 3 atom stereocenters. The Morgan fingerprint density at radius 1 is 1.45 bits per heavy atom. The minimum absolute atomic E-state index is 0.224. The molecule has 0 aliphatic heterocycles. The largest absolute Gasteiger partial charge is 0.468 e. The highest BCUT2D eigenvalue weighted by atomic mass is 16.5. The van der Waals surface area contributed by atoms with Crippen LogP contribution in [0.15, 0.2) is 49.6 Å². The molecule has 0 amide bonds. The molecule has 0 saturated carbocycles. The minimum atomic E-state index is -1.34. The van der Waals surface area contributed by atoms with Gasteiger partial charge < -0.3 is 9.84 Å². The third-order valence-corrected chi connectivity index (χ3v) is 5.11. The molecule has 1 aliphatic rings. The van der Waals surface area contributed by atoms with Gasteiger partial charge in [-0.15, -0.1) is 13.2 Å². The number of esters is 1. The fraction of sp³-hybridized carbons (Fsp3) is 0.421. The summed E-state index contributed by atoms with van der Waals surface area (Å²) in [5.74, 6) is -0.614. The molecule has 0 saturated heterocycles. The molecule has 3 nitrogen and oxygen atoms in total. The van der Waals surface area contributed by atoms with E-state index < -0.39 is 17.0 Å². The molecule has 3 heteroatoms. The molecular formula is C19H24O3. The predicted molar refractivity (Wildman–Crippen MR) is 87.3 cm³/mol. The molecule has 2 rings (SSSR count). The number of allylic oxidation sites excluding steroid dienone is 1. The summed E-state index contributed by atoms with van der Waals surface area (Å²) in [7, 11) is 1.37. The maximum absolute atomic E-state index is 12.7. The second kappa shape index (κ2) is 6.09. The van der Waals surface area contributed by atoms with Gasteiger partial charge in [-0.25, -0.2) is 0 Å². The zero-order chi connectivity index (χ0) is 16.4. The van der Waals surface area contributed by atoms with Crippen molar-refractivity contribution in [1.82, 2.24) is 0 Å². The Bertz CT molecular complexity index is 592. The van der Waals surface area contributed by atoms with Crippen molar-refractivity contribution in [2.75, 3.05) is 7.11 Å². The van der Waals surface area contributed by atoms with E-state index in [2.05, 4.69) is 13.2 Å². The number of hydrogen-bond donors (Lipinski definition) is 1. The summed E-state index contributed by atoms with van der Waals surface area (Å²) >= 11 is 0. The number of methoxy groups -OCH3 is 1. The van der Waals surface area contributed by atoms with Gasteiger partial charge in [-0.3, -0.25) is 4.79 Å². The van der Waals surface area contributed by atoms with Crippen molar-refractivity contribution in [2.45, 2.75) is 31.8 Å². The van der Waals surface area contributed by atoms with E-state index >= 15 is 0 Å². The summed E-state index contributed by atoms with van der Waals surface area (Å²) in [6, 6.07) is 7.74. The van der Waals surface area contributed by atoms with Crippen LogP contribution in [0.1, 0.15) is 30.9 Å². The van der Waals surface area contributed by atoms with E-state index in [9.17, 15) is 9.90 Å². The van der Waals surface area contributed by atoms with Crippen molar-refractivity contribution in [3.63, 3.8) is 0 Å². The van der Waals surface area contributed by atoms with Gasteiger partial charge in [-0.2, -0.15) is 0 Å². The number of carbonyl (C=O) groups excluding carboxylic acids is 1. The molecule has 1 aliphatic carbocycles. The lowest BCUT2D eigenvalue weighted by Gasteiger charge is -2.51. The van der Waals surface area contributed by atoms with Gasteiger partial charge in [0.2, 0.25) is 0 Å². The second-order valence-electron chi connectivity index (χ2n) is 6.00. The van der Waals surface area contributed by atoms with E-state index in [1.54, 1.807) is 12.2 Å². The summed E-state index contributed by atoms with van der Waals surface area (Å²) in [6.45, 7) is 9.51. The first-order valence-corrected chi connectivity index (χ1v) is 7.60. The number of fused-ring (bicyclic) bond motifs is 1. The van der Waals surface area contributed by atoms with Crippen LogP contribution in [0, 0.1) is 11.3 Å². The summed E-state index contributed by atoms with van der Waals surface area (Å²) in [5.41, 5.74) is -0.529. The van der Waals surface area contributed by atoms with Crippen molar-refractivity contribution < 1.29 is 14.6 Å². The number of aryl methyl sites for hydroxylation is 1. The fourth-order valence-corrected chi connectivity index (χ4v) is 3.87. The van der Waals surface area contributed by atoms with Crippen LogP contribution >= 0.6 is 0 Å². The SMILES string of the molecule is C=CC[C@@]1(O)c2ccccc2CC[C@]1(C(=O)OC)[C@@H](C)C=C. The first-order valence-electron chi connectivity index (χ1n) is 7.60. The van der Waals surface area contributed by atoms with Gasteiger partial charge in [0, 0.05) is 0 Å². The third kappa shape index (κ3) is 2.12. The van der Waals surface area contributed by atoms with Gasteiger partial charge in [0.05, 0.1) is 7.11 Å². The molecule has 0 bridgehead atoms. The standard InChI is InChI=1S/C19H24O3/c1-5-12-19(21)16-10-8-7-9-15(16)11-13-18(19,14(3)6-2)17(20)22-4/h5-10,14,21H,1-2,11-13H2,3-4H3/t14-,18+,19+/m0/s1. The van der Waals surface area contributed by atoms with Gasteiger partial charge in [0.25, 0.3) is 0 Å². The van der Waals surface area contributed by atoms with Crippen molar-refractivity contribution >= 4 is 5.97 Å². The second-order valence-corrected chi connectivity index (χ2v) is 6.00. The maximum Gasteiger partial charge on any atom is 0.315 e. The van der Waals surface area contributed by atoms with E-state index in [1.165, 1.54) is 7.11 Å². The highest BCUT2D eigenvalue weighted by Crippen LogP contribution is 2.55. The Kier molecular flexibility index (Phi) is 4.57. The Labute approximate surface area is 132 Å². The third-order valence-electron chi connectivity index (χ3n) is 5.11. The van der Waals surface area contributed by atoms with E-state index in [4.69, 9.17) is 4.74 Å². The topological polar surface area (TPSA) is 46.5 Å². The Morgan fingerprint density at radius 3 is 2.73 bits per heavy atom. The molecular weight excluding hydrogens is 276 g/mol. The molecule has 1 N–H and O–H groups in total. The van der Waals surface area contributed by atoms with Gasteiger partial charge in [0.1, 0.15) is 11.0 Å². The monoisotopic (exact) mass is 300 g/mol. The van der Waals surface area contributed by atoms with Crippen LogP contribution in [0.25, 0.3) is 0 Å². The van der Waals surface area contributed by atoms with E-state index in [0.29, 0.717) is 6.42 Å². The van der Waals surface area contributed by atoms with Crippen LogP contribution < -0.4 is 0 Å². The van der Waals surface area contributed by atoms with Gasteiger partial charge >= 0.3 is 5.97 Å². The molecule has 1 aromatic carbocycles. The Balaban J connectivity index is 2.75. The van der Waals surface area contributed by atoms with Gasteiger partial charge in [-0.1, -0.05) is 43.3 Å². The fourth-order valence-electron chi connectivity index (χ4n) is 3.87. The Hall–Kier alpha value is -1.87. The molecule has 0 radical (unpaired) electrons. The molecule has 0 fully saturated rings. The van der Waals surface area contributed by atoms with Crippen LogP contribution in [0.2, 0.25) is 0 Å². The van der Waals surface area contributed by atoms with Crippen LogP contribution in [-0.4, -0.2) is 18.2 Å². The lowest BCUT2D eigenvalue weighted by molar-refractivity contribution is -0.185. The van der Waals surface area contributed by atoms with Crippen LogP contribution in [0.5, 0.6) is 0 Å². The lowest BCUT2D eigenvalue weighted by Crippen LogP contribution is -2.57. The first kappa shape index (κ1) is 16.5. The highest BCUT2D eigenvalue weighted by Gasteiger charge is 2.61. The summed E-state index contributed by atoms with van der Waals surface area (Å²) in [6.07, 6.45) is 4.92. The van der Waals surface area contributed by atoms with Crippen molar-refractivity contribution in [3.05, 3.63) is 60.7 Å². The average molecular weight is 300 g/mol. The van der Waals surface area contributed by atoms with Gasteiger partial charge in [0.15, 0.2) is 0 Å². The zero-order valence-electron chi connectivity index (χ0n) is 13.3. The average Bonchev–Trinajstić information content (AvgIpc) is 2.54. The molecule has 0 heterocycles. The number of ether oxygens (including phenoxy) is 1. The zero-order valence-corrected chi connectivity index (χ0v) is 13.3. The highest BCUT2D eigenvalue weighted by molar-refractivity contribution is 5.80. The van der Waals surface area contributed by atoms with E-state index in [1.807, 2.05) is 31.2 Å². The van der Waals surface area contributed by atoms with Crippen LogP contribution in [0.4, 0.5) is 0 Å². The number of aliphatic hydroxyl groups is 1. The molecule has 0 unspecified atom stereocenters. The number of rotatable bonds is 5. The summed E-state index contributed by atoms with van der Waals surface area (Å²) in [5, 5.41) is 11.6. The molecule has 0 aromatic heterocycles. The summed E-state index contributed by atoms with van der Waals surface area (Å²) in [4.78, 5) is 12.7. The number of carbonyl (C=O) groups is 1. The van der Waals surface area contributed by atoms with Gasteiger partial charge in [-0.05, 0) is 36.3 Å². The van der Waals surface area contributed by atoms with Crippen LogP contribution in [-0.2, 0) is 21.6 Å². The van der Waals surface area contributed by atoms with E-state index in [0.717, 1.165) is 17.5 Å². The lowest BCUT2D eigenvalue weighted by atomic mass is 9.54. The molecule has 118 valence electrons. The van der Waals surface area contributed by atoms with Crippen LogP contribution in [0.3, 0.4) is 0 Å². The maximum atomic E-state index is 12.7. The van der Waals surface area contributed by atoms with E-state index in [-0.39, 0.29) is 12.3 Å². The van der Waals surface area contributed by atoms with Crippen molar-refractivity contribution in [1.29, 1.82) is 0 Å². The smallest absolute Gasteiger partial charge is 0.315 e. The normalized spacial score (nSPS) is 28.3. The number of hydrogen-bond acceptors (Lipinski definition) is 3. The summed E-state index contributed by atoms with van der Waals surface area (Å²) < 4.78 is 5.09. The number of benzene rings is 1. The first-order chi connectivity index (χ1) is 10.5. The molecule has 0 spiro atoms.